The first-order chi connectivity index (χ1) is 10.1. The lowest BCUT2D eigenvalue weighted by atomic mass is 9.98. The van der Waals surface area contributed by atoms with Crippen LogP contribution in [0.15, 0.2) is 0 Å². The van der Waals surface area contributed by atoms with Crippen LogP contribution >= 0.6 is 0 Å². The van der Waals surface area contributed by atoms with Gasteiger partial charge in [0.2, 0.25) is 0 Å². The quantitative estimate of drug-likeness (QED) is 0.757. The average Bonchev–Trinajstić information content (AvgIpc) is 2.87. The van der Waals surface area contributed by atoms with Crippen molar-refractivity contribution in [2.45, 2.75) is 45.1 Å². The van der Waals surface area contributed by atoms with E-state index in [2.05, 4.69) is 5.32 Å². The van der Waals surface area contributed by atoms with E-state index in [4.69, 9.17) is 9.84 Å². The first-order valence-corrected chi connectivity index (χ1v) is 7.95. The smallest absolute Gasteiger partial charge is 0.317 e. The van der Waals surface area contributed by atoms with Gasteiger partial charge < -0.3 is 20.1 Å². The van der Waals surface area contributed by atoms with Gasteiger partial charge in [0.25, 0.3) is 0 Å². The number of rotatable bonds is 5. The molecule has 1 heterocycles. The number of carboxylic acids is 1. The van der Waals surface area contributed by atoms with Crippen LogP contribution in [0.3, 0.4) is 0 Å². The molecule has 6 heteroatoms. The number of carboxylic acid groups (broad SMARTS) is 1. The molecule has 2 amide bonds. The van der Waals surface area contributed by atoms with E-state index in [1.54, 1.807) is 4.90 Å². The van der Waals surface area contributed by atoms with Gasteiger partial charge in [-0.05, 0) is 18.8 Å². The standard InChI is InChI=1S/C15H26N2O4/c1-11-9-17(10-13(11)14(18)19)15(20)16-7-8-21-12-5-3-2-4-6-12/h11-13H,2-10H2,1H3,(H,16,20)(H,18,19)/t11-,13-/m1/s1. The molecule has 2 atom stereocenters. The van der Waals surface area contributed by atoms with E-state index < -0.39 is 11.9 Å². The van der Waals surface area contributed by atoms with E-state index in [1.807, 2.05) is 6.92 Å². The van der Waals surface area contributed by atoms with Crippen LogP contribution in [0.4, 0.5) is 4.79 Å². The highest BCUT2D eigenvalue weighted by Crippen LogP contribution is 2.23. The summed E-state index contributed by atoms with van der Waals surface area (Å²) in [4.78, 5) is 24.6. The highest BCUT2D eigenvalue weighted by atomic mass is 16.5. The van der Waals surface area contributed by atoms with Crippen LogP contribution in [0.1, 0.15) is 39.0 Å². The van der Waals surface area contributed by atoms with Crippen LogP contribution < -0.4 is 5.32 Å². The lowest BCUT2D eigenvalue weighted by Crippen LogP contribution is -2.40. The molecule has 1 aliphatic carbocycles. The summed E-state index contributed by atoms with van der Waals surface area (Å²) in [5.41, 5.74) is 0. The Bertz CT molecular complexity index is 369. The topological polar surface area (TPSA) is 78.9 Å². The van der Waals surface area contributed by atoms with Gasteiger partial charge in [-0.15, -0.1) is 0 Å². The predicted octanol–water partition coefficient (Wildman–Crippen LogP) is 1.70. The highest BCUT2D eigenvalue weighted by molar-refractivity contribution is 5.77. The summed E-state index contributed by atoms with van der Waals surface area (Å²) in [6.07, 6.45) is 6.36. The van der Waals surface area contributed by atoms with Gasteiger partial charge in [0.1, 0.15) is 0 Å². The Morgan fingerprint density at radius 2 is 1.95 bits per heavy atom. The van der Waals surface area contributed by atoms with Crippen molar-refractivity contribution in [1.29, 1.82) is 0 Å². The highest BCUT2D eigenvalue weighted by Gasteiger charge is 2.36. The summed E-state index contributed by atoms with van der Waals surface area (Å²) in [5.74, 6) is -1.26. The number of ether oxygens (including phenoxy) is 1. The Labute approximate surface area is 125 Å². The summed E-state index contributed by atoms with van der Waals surface area (Å²) in [6, 6.07) is -0.183. The molecule has 1 saturated carbocycles. The van der Waals surface area contributed by atoms with Gasteiger partial charge in [-0.3, -0.25) is 4.79 Å². The number of aliphatic carboxylic acids is 1. The normalized spacial score (nSPS) is 26.8. The van der Waals surface area contributed by atoms with Crippen molar-refractivity contribution in [2.75, 3.05) is 26.2 Å². The summed E-state index contributed by atoms with van der Waals surface area (Å²) < 4.78 is 5.75. The molecule has 2 rings (SSSR count). The van der Waals surface area contributed by atoms with E-state index in [-0.39, 0.29) is 11.9 Å². The van der Waals surface area contributed by atoms with Crippen molar-refractivity contribution in [1.82, 2.24) is 10.2 Å². The van der Waals surface area contributed by atoms with E-state index in [0.717, 1.165) is 12.8 Å². The number of nitrogens with one attached hydrogen (secondary N) is 1. The molecule has 0 radical (unpaired) electrons. The molecule has 0 unspecified atom stereocenters. The van der Waals surface area contributed by atoms with E-state index in [1.165, 1.54) is 19.3 Å². The molecule has 2 aliphatic rings. The van der Waals surface area contributed by atoms with Crippen LogP contribution in [0.5, 0.6) is 0 Å². The molecule has 0 aromatic carbocycles. The molecule has 6 nitrogen and oxygen atoms in total. The van der Waals surface area contributed by atoms with Gasteiger partial charge in [-0.1, -0.05) is 26.2 Å². The second-order valence-corrected chi connectivity index (χ2v) is 6.19. The molecule has 120 valence electrons. The largest absolute Gasteiger partial charge is 0.481 e. The number of likely N-dealkylation sites (tertiary alicyclic amines) is 1. The molecule has 21 heavy (non-hydrogen) atoms. The fourth-order valence-corrected chi connectivity index (χ4v) is 3.18. The van der Waals surface area contributed by atoms with Crippen molar-refractivity contribution in [2.24, 2.45) is 11.8 Å². The van der Waals surface area contributed by atoms with E-state index >= 15 is 0 Å². The van der Waals surface area contributed by atoms with Crippen molar-refractivity contribution >= 4 is 12.0 Å². The van der Waals surface area contributed by atoms with Gasteiger partial charge >= 0.3 is 12.0 Å². The van der Waals surface area contributed by atoms with E-state index in [0.29, 0.717) is 32.3 Å². The zero-order chi connectivity index (χ0) is 15.2. The fourth-order valence-electron chi connectivity index (χ4n) is 3.18. The molecule has 2 N–H and O–H groups in total. The minimum absolute atomic E-state index is 0.00624. The lowest BCUT2D eigenvalue weighted by Gasteiger charge is -2.22. The van der Waals surface area contributed by atoms with Crippen molar-refractivity contribution < 1.29 is 19.4 Å². The Hall–Kier alpha value is -1.30. The van der Waals surface area contributed by atoms with Gasteiger partial charge in [0, 0.05) is 19.6 Å². The molecule has 0 aromatic rings. The molecule has 0 bridgehead atoms. The van der Waals surface area contributed by atoms with Crippen LogP contribution in [-0.4, -0.2) is 54.4 Å². The average molecular weight is 298 g/mol. The maximum absolute atomic E-state index is 12.0. The summed E-state index contributed by atoms with van der Waals surface area (Å²) in [7, 11) is 0. The molecular formula is C15H26N2O4. The minimum Gasteiger partial charge on any atom is -0.481 e. The Kier molecular flexibility index (Phi) is 5.85. The number of hydrogen-bond donors (Lipinski definition) is 2. The van der Waals surface area contributed by atoms with Crippen LogP contribution in [-0.2, 0) is 9.53 Å². The summed E-state index contributed by atoms with van der Waals surface area (Å²) in [5, 5.41) is 11.9. The number of amides is 2. The first kappa shape index (κ1) is 16.1. The zero-order valence-corrected chi connectivity index (χ0v) is 12.7. The molecule has 0 aromatic heterocycles. The lowest BCUT2D eigenvalue weighted by molar-refractivity contribution is -0.142. The number of hydrogen-bond acceptors (Lipinski definition) is 3. The second-order valence-electron chi connectivity index (χ2n) is 6.19. The monoisotopic (exact) mass is 298 g/mol. The van der Waals surface area contributed by atoms with Gasteiger partial charge in [-0.2, -0.15) is 0 Å². The maximum Gasteiger partial charge on any atom is 0.317 e. The third-order valence-electron chi connectivity index (χ3n) is 4.50. The number of nitrogens with zero attached hydrogens (tertiary/aromatic N) is 1. The number of carbonyl (C=O) groups excluding carboxylic acids is 1. The predicted molar refractivity (Wildman–Crippen MR) is 78.1 cm³/mol. The molecule has 1 aliphatic heterocycles. The van der Waals surface area contributed by atoms with Crippen LogP contribution in [0.2, 0.25) is 0 Å². The molecule has 2 fully saturated rings. The maximum atomic E-state index is 12.0. The van der Waals surface area contributed by atoms with Crippen LogP contribution in [0, 0.1) is 11.8 Å². The minimum atomic E-state index is -0.821. The third-order valence-corrected chi connectivity index (χ3v) is 4.50. The van der Waals surface area contributed by atoms with Gasteiger partial charge in [-0.25, -0.2) is 4.79 Å². The molecular weight excluding hydrogens is 272 g/mol. The van der Waals surface area contributed by atoms with Crippen molar-refractivity contribution in [3.8, 4) is 0 Å². The number of carbonyl (C=O) groups is 2. The third kappa shape index (κ3) is 4.59. The molecule has 1 saturated heterocycles. The zero-order valence-electron chi connectivity index (χ0n) is 12.7. The SMILES string of the molecule is C[C@@H]1CN(C(=O)NCCOC2CCCCC2)C[C@H]1C(=O)O. The Morgan fingerprint density at radius 1 is 1.24 bits per heavy atom. The van der Waals surface area contributed by atoms with Crippen molar-refractivity contribution in [3.63, 3.8) is 0 Å². The summed E-state index contributed by atoms with van der Waals surface area (Å²) >= 11 is 0. The first-order valence-electron chi connectivity index (χ1n) is 7.95. The van der Waals surface area contributed by atoms with Gasteiger partial charge in [0.15, 0.2) is 0 Å². The van der Waals surface area contributed by atoms with E-state index in [9.17, 15) is 9.59 Å². The fraction of sp³-hybridized carbons (Fsp3) is 0.867. The van der Waals surface area contributed by atoms with Crippen molar-refractivity contribution in [3.05, 3.63) is 0 Å². The molecule has 0 spiro atoms. The second kappa shape index (κ2) is 7.64. The Balaban J connectivity index is 1.62. The Morgan fingerprint density at radius 3 is 2.57 bits per heavy atom. The number of urea groups is 1. The van der Waals surface area contributed by atoms with Gasteiger partial charge in [0.05, 0.1) is 18.6 Å². The summed E-state index contributed by atoms with van der Waals surface area (Å²) in [6.45, 7) is 3.69. The van der Waals surface area contributed by atoms with Crippen LogP contribution in [0.25, 0.3) is 0 Å².